The molecule has 6 nitrogen and oxygen atoms in total. The molecule has 0 amide bonds. The molecule has 1 N–H and O–H groups in total. The maximum atomic E-state index is 13.0. The Morgan fingerprint density at radius 1 is 1.27 bits per heavy atom. The van der Waals surface area contributed by atoms with Crippen molar-refractivity contribution >= 4 is 21.4 Å². The Morgan fingerprint density at radius 3 is 2.54 bits per heavy atom. The number of ketones is 2. The van der Waals surface area contributed by atoms with E-state index in [0.717, 1.165) is 6.26 Å². The third-order valence-electron chi connectivity index (χ3n) is 5.41. The summed E-state index contributed by atoms with van der Waals surface area (Å²) < 4.78 is 29.1. The molecular weight excluding hydrogens is 356 g/mol. The van der Waals surface area contributed by atoms with E-state index < -0.39 is 15.6 Å². The minimum absolute atomic E-state index is 0.0274. The molecule has 1 aromatic rings. The maximum absolute atomic E-state index is 13.0. The molecule has 2 aliphatic rings. The van der Waals surface area contributed by atoms with E-state index in [1.165, 1.54) is 19.2 Å². The van der Waals surface area contributed by atoms with E-state index in [9.17, 15) is 23.1 Å². The number of aliphatic hydroxyl groups is 1. The summed E-state index contributed by atoms with van der Waals surface area (Å²) in [6, 6.07) is 2.78. The number of hydrogen-bond acceptors (Lipinski definition) is 6. The van der Waals surface area contributed by atoms with Gasteiger partial charge in [0.1, 0.15) is 11.3 Å². The van der Waals surface area contributed by atoms with Crippen LogP contribution in [0, 0.1) is 18.8 Å². The molecule has 26 heavy (non-hydrogen) atoms. The molecule has 0 aliphatic heterocycles. The molecule has 140 valence electrons. The first-order chi connectivity index (χ1) is 12.2. The van der Waals surface area contributed by atoms with Gasteiger partial charge in [0.2, 0.25) is 0 Å². The van der Waals surface area contributed by atoms with Gasteiger partial charge in [0.15, 0.2) is 21.4 Å². The number of hydrogen-bond donors (Lipinski definition) is 1. The Balaban J connectivity index is 2.13. The van der Waals surface area contributed by atoms with Crippen LogP contribution in [0.1, 0.15) is 40.7 Å². The van der Waals surface area contributed by atoms with E-state index in [2.05, 4.69) is 0 Å². The molecule has 0 heterocycles. The van der Waals surface area contributed by atoms with Crippen molar-refractivity contribution in [3.8, 4) is 0 Å². The number of allylic oxidation sites excluding steroid dienone is 2. The van der Waals surface area contributed by atoms with Crippen molar-refractivity contribution in [2.24, 2.45) is 11.8 Å². The van der Waals surface area contributed by atoms with Crippen LogP contribution in [0.3, 0.4) is 0 Å². The fourth-order valence-electron chi connectivity index (χ4n) is 4.01. The lowest BCUT2D eigenvalue weighted by Gasteiger charge is -2.22. The lowest BCUT2D eigenvalue weighted by molar-refractivity contribution is -0.119. The number of methoxy groups -OCH3 is 1. The maximum Gasteiger partial charge on any atom is 0.200 e. The van der Waals surface area contributed by atoms with Crippen LogP contribution in [-0.2, 0) is 26.0 Å². The number of carbonyl (C=O) groups excluding carboxylic acids is 2. The number of aliphatic hydroxyl groups excluding tert-OH is 1. The van der Waals surface area contributed by atoms with E-state index in [0.29, 0.717) is 30.4 Å². The number of ether oxygens (including phenoxy) is 1. The highest BCUT2D eigenvalue weighted by atomic mass is 32.2. The van der Waals surface area contributed by atoms with Gasteiger partial charge in [-0.2, -0.15) is 0 Å². The van der Waals surface area contributed by atoms with Crippen molar-refractivity contribution in [1.29, 1.82) is 0 Å². The third-order valence-corrected chi connectivity index (χ3v) is 6.59. The zero-order chi connectivity index (χ0) is 19.2. The van der Waals surface area contributed by atoms with Crippen molar-refractivity contribution in [3.63, 3.8) is 0 Å². The first kappa shape index (κ1) is 18.8. The van der Waals surface area contributed by atoms with Crippen LogP contribution in [0.25, 0.3) is 0 Å². The van der Waals surface area contributed by atoms with Crippen LogP contribution >= 0.6 is 0 Å². The molecule has 2 atom stereocenters. The standard InChI is InChI=1S/C19H22O6S/c1-10-13(6-7-15(26(3,23)24)14(10)9-25-2)19(22)16-17(20)11-4-5-12(8-11)18(16)21/h6-7,11-12,20H,4-5,8-9H2,1-3H3. The molecule has 1 saturated carbocycles. The third kappa shape index (κ3) is 2.99. The van der Waals surface area contributed by atoms with Gasteiger partial charge in [0, 0.05) is 30.8 Å². The first-order valence-electron chi connectivity index (χ1n) is 8.50. The Morgan fingerprint density at radius 2 is 1.92 bits per heavy atom. The van der Waals surface area contributed by atoms with Gasteiger partial charge in [-0.15, -0.1) is 0 Å². The van der Waals surface area contributed by atoms with Gasteiger partial charge in [-0.05, 0) is 49.4 Å². The van der Waals surface area contributed by atoms with Gasteiger partial charge in [-0.25, -0.2) is 8.42 Å². The second kappa shape index (κ2) is 6.63. The zero-order valence-electron chi connectivity index (χ0n) is 15.0. The van der Waals surface area contributed by atoms with Crippen molar-refractivity contribution in [3.05, 3.63) is 40.2 Å². The van der Waals surface area contributed by atoms with E-state index >= 15 is 0 Å². The summed E-state index contributed by atoms with van der Waals surface area (Å²) in [5, 5.41) is 10.4. The Hall–Kier alpha value is -1.99. The van der Waals surface area contributed by atoms with Gasteiger partial charge in [0.25, 0.3) is 0 Å². The van der Waals surface area contributed by atoms with Gasteiger partial charge >= 0.3 is 0 Å². The SMILES string of the molecule is COCc1c(S(C)(=O)=O)ccc(C(=O)C2=C(O)C3CCC(C3)C2=O)c1C. The van der Waals surface area contributed by atoms with Crippen LogP contribution < -0.4 is 0 Å². The molecule has 2 aliphatic carbocycles. The number of carbonyl (C=O) groups is 2. The highest BCUT2D eigenvalue weighted by molar-refractivity contribution is 7.90. The van der Waals surface area contributed by atoms with E-state index in [1.807, 2.05) is 0 Å². The van der Waals surface area contributed by atoms with Gasteiger partial charge < -0.3 is 9.84 Å². The predicted octanol–water partition coefficient (Wildman–Crippen LogP) is 2.54. The molecule has 0 radical (unpaired) electrons. The summed E-state index contributed by atoms with van der Waals surface area (Å²) in [4.78, 5) is 25.7. The molecule has 2 bridgehead atoms. The largest absolute Gasteiger partial charge is 0.511 e. The van der Waals surface area contributed by atoms with Crippen LogP contribution in [0.5, 0.6) is 0 Å². The Labute approximate surface area is 152 Å². The fraction of sp³-hybridized carbons (Fsp3) is 0.474. The number of sulfone groups is 1. The van der Waals surface area contributed by atoms with E-state index in [1.54, 1.807) is 6.92 Å². The monoisotopic (exact) mass is 378 g/mol. The fourth-order valence-corrected chi connectivity index (χ4v) is 4.99. The number of Topliss-reactive ketones (excluding diaryl/α,β-unsaturated/α-hetero) is 2. The van der Waals surface area contributed by atoms with E-state index in [-0.39, 0.29) is 46.0 Å². The first-order valence-corrected chi connectivity index (χ1v) is 10.4. The second-order valence-corrected chi connectivity index (χ2v) is 9.06. The number of rotatable bonds is 5. The minimum atomic E-state index is -3.49. The summed E-state index contributed by atoms with van der Waals surface area (Å²) in [6.07, 6.45) is 3.09. The number of fused-ring (bicyclic) bond motifs is 2. The van der Waals surface area contributed by atoms with Crippen LogP contribution in [0.15, 0.2) is 28.4 Å². The molecule has 0 spiro atoms. The summed E-state index contributed by atoms with van der Waals surface area (Å²) in [5.74, 6) is -1.30. The van der Waals surface area contributed by atoms with Crippen molar-refractivity contribution in [1.82, 2.24) is 0 Å². The lowest BCUT2D eigenvalue weighted by atomic mass is 9.82. The summed E-state index contributed by atoms with van der Waals surface area (Å²) in [7, 11) is -2.05. The quantitative estimate of drug-likeness (QED) is 0.625. The highest BCUT2D eigenvalue weighted by Gasteiger charge is 2.43. The zero-order valence-corrected chi connectivity index (χ0v) is 15.9. The highest BCUT2D eigenvalue weighted by Crippen LogP contribution is 2.43. The van der Waals surface area contributed by atoms with Gasteiger partial charge in [-0.1, -0.05) is 0 Å². The Kier molecular flexibility index (Phi) is 4.79. The molecule has 1 aromatic carbocycles. The average molecular weight is 378 g/mol. The van der Waals surface area contributed by atoms with Crippen molar-refractivity contribution in [2.45, 2.75) is 37.7 Å². The minimum Gasteiger partial charge on any atom is -0.511 e. The molecular formula is C19H22O6S. The topological polar surface area (TPSA) is 97.7 Å². The smallest absolute Gasteiger partial charge is 0.200 e. The van der Waals surface area contributed by atoms with Crippen LogP contribution in [0.2, 0.25) is 0 Å². The van der Waals surface area contributed by atoms with Crippen LogP contribution in [-0.4, -0.2) is 38.5 Å². The molecule has 0 saturated heterocycles. The molecule has 1 fully saturated rings. The van der Waals surface area contributed by atoms with Gasteiger partial charge in [0.05, 0.1) is 11.5 Å². The molecule has 2 unspecified atom stereocenters. The molecule has 3 rings (SSSR count). The molecule has 0 aromatic heterocycles. The van der Waals surface area contributed by atoms with E-state index in [4.69, 9.17) is 4.74 Å². The van der Waals surface area contributed by atoms with Gasteiger partial charge in [-0.3, -0.25) is 9.59 Å². The summed E-state index contributed by atoms with van der Waals surface area (Å²) in [5.41, 5.74) is 0.931. The molecule has 7 heteroatoms. The normalized spacial score (nSPS) is 22.8. The number of benzene rings is 1. The Bertz CT molecular complexity index is 926. The van der Waals surface area contributed by atoms with Crippen molar-refractivity contribution in [2.75, 3.05) is 13.4 Å². The van der Waals surface area contributed by atoms with Crippen LogP contribution in [0.4, 0.5) is 0 Å². The summed E-state index contributed by atoms with van der Waals surface area (Å²) >= 11 is 0. The average Bonchev–Trinajstić information content (AvgIpc) is 3.01. The summed E-state index contributed by atoms with van der Waals surface area (Å²) in [6.45, 7) is 1.66. The predicted molar refractivity (Wildman–Crippen MR) is 94.8 cm³/mol. The lowest BCUT2D eigenvalue weighted by Crippen LogP contribution is -2.27. The second-order valence-electron chi connectivity index (χ2n) is 7.08. The van der Waals surface area contributed by atoms with Crippen molar-refractivity contribution < 1.29 is 27.9 Å².